The van der Waals surface area contributed by atoms with Crippen LogP contribution < -0.4 is 0 Å². The fraction of sp³-hybridized carbons (Fsp3) is 0.182. The first-order chi connectivity index (χ1) is 7.15. The van der Waals surface area contributed by atoms with Crippen LogP contribution in [0.1, 0.15) is 17.3 Å². The van der Waals surface area contributed by atoms with Crippen molar-refractivity contribution in [2.75, 3.05) is 6.61 Å². The minimum absolute atomic E-state index is 0.300. The Kier molecular flexibility index (Phi) is 3.97. The van der Waals surface area contributed by atoms with E-state index in [0.717, 1.165) is 30.5 Å². The normalized spacial score (nSPS) is 10.6. The SMILES string of the molecule is CCOC=CC(=O)c1cc(F)ccc1F. The van der Waals surface area contributed by atoms with Crippen LogP contribution in [0.25, 0.3) is 0 Å². The molecule has 4 heteroatoms. The Hall–Kier alpha value is -1.71. The summed E-state index contributed by atoms with van der Waals surface area (Å²) in [6.07, 6.45) is 2.22. The zero-order valence-electron chi connectivity index (χ0n) is 8.17. The summed E-state index contributed by atoms with van der Waals surface area (Å²) in [7, 11) is 0. The van der Waals surface area contributed by atoms with Gasteiger partial charge in [-0.25, -0.2) is 8.78 Å². The molecule has 0 bridgehead atoms. The van der Waals surface area contributed by atoms with Gasteiger partial charge in [0, 0.05) is 6.08 Å². The van der Waals surface area contributed by atoms with E-state index < -0.39 is 17.4 Å². The van der Waals surface area contributed by atoms with Gasteiger partial charge in [-0.05, 0) is 25.1 Å². The molecule has 2 nitrogen and oxygen atoms in total. The van der Waals surface area contributed by atoms with Gasteiger partial charge in [-0.3, -0.25) is 4.79 Å². The quantitative estimate of drug-likeness (QED) is 0.435. The molecule has 0 aromatic heterocycles. The topological polar surface area (TPSA) is 26.3 Å². The minimum atomic E-state index is -0.748. The number of ketones is 1. The average molecular weight is 212 g/mol. The van der Waals surface area contributed by atoms with E-state index in [1.54, 1.807) is 6.92 Å². The predicted molar refractivity (Wildman–Crippen MR) is 51.5 cm³/mol. The molecule has 1 rings (SSSR count). The Morgan fingerprint density at radius 1 is 1.47 bits per heavy atom. The molecule has 0 amide bonds. The molecule has 0 saturated heterocycles. The third-order valence-electron chi connectivity index (χ3n) is 1.68. The molecule has 0 aliphatic rings. The molecule has 80 valence electrons. The van der Waals surface area contributed by atoms with E-state index >= 15 is 0 Å². The molecule has 0 fully saturated rings. The van der Waals surface area contributed by atoms with E-state index in [2.05, 4.69) is 0 Å². The number of hydrogen-bond donors (Lipinski definition) is 0. The van der Waals surface area contributed by atoms with E-state index in [1.165, 1.54) is 0 Å². The van der Waals surface area contributed by atoms with Crippen molar-refractivity contribution in [1.29, 1.82) is 0 Å². The van der Waals surface area contributed by atoms with Crippen LogP contribution in [-0.4, -0.2) is 12.4 Å². The number of allylic oxidation sites excluding steroid dienone is 1. The maximum Gasteiger partial charge on any atom is 0.191 e. The van der Waals surface area contributed by atoms with E-state index in [-0.39, 0.29) is 5.56 Å². The van der Waals surface area contributed by atoms with Gasteiger partial charge in [-0.1, -0.05) is 0 Å². The molecule has 0 N–H and O–H groups in total. The lowest BCUT2D eigenvalue weighted by molar-refractivity contribution is 0.103. The number of carbonyl (C=O) groups excluding carboxylic acids is 1. The van der Waals surface area contributed by atoms with Crippen LogP contribution in [0.15, 0.2) is 30.5 Å². The fourth-order valence-electron chi connectivity index (χ4n) is 0.982. The van der Waals surface area contributed by atoms with E-state index in [4.69, 9.17) is 4.74 Å². The fourth-order valence-corrected chi connectivity index (χ4v) is 0.982. The van der Waals surface area contributed by atoms with Gasteiger partial charge in [-0.15, -0.1) is 0 Å². The van der Waals surface area contributed by atoms with Gasteiger partial charge in [0.2, 0.25) is 0 Å². The maximum absolute atomic E-state index is 13.1. The first kappa shape index (κ1) is 11.4. The predicted octanol–water partition coefficient (Wildman–Crippen LogP) is 2.70. The lowest BCUT2D eigenvalue weighted by atomic mass is 10.1. The lowest BCUT2D eigenvalue weighted by Crippen LogP contribution is -1.99. The molecular weight excluding hydrogens is 202 g/mol. The Morgan fingerprint density at radius 2 is 2.20 bits per heavy atom. The second kappa shape index (κ2) is 5.24. The van der Waals surface area contributed by atoms with Crippen molar-refractivity contribution in [2.24, 2.45) is 0 Å². The molecular formula is C11H10F2O2. The van der Waals surface area contributed by atoms with Crippen molar-refractivity contribution in [3.05, 3.63) is 47.7 Å². The van der Waals surface area contributed by atoms with Gasteiger partial charge in [0.1, 0.15) is 11.6 Å². The van der Waals surface area contributed by atoms with Gasteiger partial charge < -0.3 is 4.74 Å². The molecule has 15 heavy (non-hydrogen) atoms. The average Bonchev–Trinajstić information content (AvgIpc) is 2.22. The van der Waals surface area contributed by atoms with Gasteiger partial charge in [0.05, 0.1) is 18.4 Å². The molecule has 0 aliphatic heterocycles. The summed E-state index contributed by atoms with van der Waals surface area (Å²) in [5.41, 5.74) is -0.300. The summed E-state index contributed by atoms with van der Waals surface area (Å²) < 4.78 is 30.6. The summed E-state index contributed by atoms with van der Waals surface area (Å²) >= 11 is 0. The van der Waals surface area contributed by atoms with Crippen LogP contribution in [-0.2, 0) is 4.74 Å². The Balaban J connectivity index is 2.86. The van der Waals surface area contributed by atoms with Crippen LogP contribution in [0.2, 0.25) is 0 Å². The van der Waals surface area contributed by atoms with Gasteiger partial charge in [-0.2, -0.15) is 0 Å². The first-order valence-electron chi connectivity index (χ1n) is 4.42. The monoisotopic (exact) mass is 212 g/mol. The second-order valence-corrected chi connectivity index (χ2v) is 2.75. The van der Waals surface area contributed by atoms with Crippen molar-refractivity contribution in [3.8, 4) is 0 Å². The maximum atomic E-state index is 13.1. The zero-order valence-corrected chi connectivity index (χ0v) is 8.17. The number of halogens is 2. The largest absolute Gasteiger partial charge is 0.501 e. The molecule has 1 aromatic carbocycles. The minimum Gasteiger partial charge on any atom is -0.501 e. The summed E-state index contributed by atoms with van der Waals surface area (Å²) in [4.78, 5) is 11.3. The molecule has 0 radical (unpaired) electrons. The number of rotatable bonds is 4. The van der Waals surface area contributed by atoms with E-state index in [1.807, 2.05) is 0 Å². The van der Waals surface area contributed by atoms with Crippen LogP contribution in [0.3, 0.4) is 0 Å². The summed E-state index contributed by atoms with van der Waals surface area (Å²) in [6, 6.07) is 2.73. The van der Waals surface area contributed by atoms with Gasteiger partial charge >= 0.3 is 0 Å². The molecule has 0 unspecified atom stereocenters. The zero-order chi connectivity index (χ0) is 11.3. The van der Waals surface area contributed by atoms with Gasteiger partial charge in [0.25, 0.3) is 0 Å². The van der Waals surface area contributed by atoms with Crippen molar-refractivity contribution >= 4 is 5.78 Å². The van der Waals surface area contributed by atoms with E-state index in [0.29, 0.717) is 6.61 Å². The number of hydrogen-bond acceptors (Lipinski definition) is 2. The highest BCUT2D eigenvalue weighted by Gasteiger charge is 2.09. The molecule has 1 aromatic rings. The summed E-state index contributed by atoms with van der Waals surface area (Å²) in [6.45, 7) is 2.16. The van der Waals surface area contributed by atoms with Crippen LogP contribution in [0, 0.1) is 11.6 Å². The molecule has 0 atom stereocenters. The van der Waals surface area contributed by atoms with Crippen molar-refractivity contribution < 1.29 is 18.3 Å². The number of benzene rings is 1. The molecule has 0 spiro atoms. The third-order valence-corrected chi connectivity index (χ3v) is 1.68. The highest BCUT2D eigenvalue weighted by Crippen LogP contribution is 2.10. The highest BCUT2D eigenvalue weighted by molar-refractivity contribution is 6.04. The highest BCUT2D eigenvalue weighted by atomic mass is 19.1. The first-order valence-corrected chi connectivity index (χ1v) is 4.42. The summed E-state index contributed by atoms with van der Waals surface area (Å²) in [5.74, 6) is -2.02. The number of carbonyl (C=O) groups is 1. The van der Waals surface area contributed by atoms with Crippen molar-refractivity contribution in [1.82, 2.24) is 0 Å². The van der Waals surface area contributed by atoms with Crippen LogP contribution in [0.4, 0.5) is 8.78 Å². The van der Waals surface area contributed by atoms with E-state index in [9.17, 15) is 13.6 Å². The number of ether oxygens (including phenoxy) is 1. The Bertz CT molecular complexity index is 386. The van der Waals surface area contributed by atoms with Crippen LogP contribution in [0.5, 0.6) is 0 Å². The Labute approximate surface area is 86.2 Å². The Morgan fingerprint density at radius 3 is 2.87 bits per heavy atom. The van der Waals surface area contributed by atoms with Crippen molar-refractivity contribution in [3.63, 3.8) is 0 Å². The van der Waals surface area contributed by atoms with Crippen LogP contribution >= 0.6 is 0 Å². The van der Waals surface area contributed by atoms with Gasteiger partial charge in [0.15, 0.2) is 5.78 Å². The molecule has 0 aliphatic carbocycles. The third kappa shape index (κ3) is 3.16. The second-order valence-electron chi connectivity index (χ2n) is 2.75. The van der Waals surface area contributed by atoms with Crippen molar-refractivity contribution in [2.45, 2.75) is 6.92 Å². The smallest absolute Gasteiger partial charge is 0.191 e. The standard InChI is InChI=1S/C11H10F2O2/c1-2-15-6-5-11(14)9-7-8(12)3-4-10(9)13/h3-7H,2H2,1H3. The lowest BCUT2D eigenvalue weighted by Gasteiger charge is -1.98. The molecule has 0 saturated carbocycles. The molecule has 0 heterocycles. The summed E-state index contributed by atoms with van der Waals surface area (Å²) in [5, 5.41) is 0.